The highest BCUT2D eigenvalue weighted by Crippen LogP contribution is 2.17. The fourth-order valence-corrected chi connectivity index (χ4v) is 4.26. The lowest BCUT2D eigenvalue weighted by molar-refractivity contribution is 1.41. The molecule has 2 heteroatoms. The molecule has 0 aliphatic rings. The van der Waals surface area contributed by atoms with Crippen LogP contribution < -0.4 is 0 Å². The summed E-state index contributed by atoms with van der Waals surface area (Å²) in [5, 5.41) is 2.30. The Hall–Kier alpha value is -5.26. The standard InChI is InChI=1S/C36H24N2/c1-3-33-21-19-31(25-35(33)37-23-1)17-15-29-11-7-27(8-12-29)5-6-28-9-13-30(14-10-28)16-18-32-20-22-34-4-2-24-38-36(34)26-32/h1-4,7-26H/b17-15+,18-16+. The molecule has 6 aromatic rings. The topological polar surface area (TPSA) is 25.8 Å². The predicted molar refractivity (Wildman–Crippen MR) is 160 cm³/mol. The van der Waals surface area contributed by atoms with Gasteiger partial charge in [-0.25, -0.2) is 0 Å². The molecule has 178 valence electrons. The molecule has 4 aromatic carbocycles. The van der Waals surface area contributed by atoms with E-state index < -0.39 is 0 Å². The number of pyridine rings is 2. The Labute approximate surface area is 222 Å². The van der Waals surface area contributed by atoms with Gasteiger partial charge in [-0.15, -0.1) is 0 Å². The highest BCUT2D eigenvalue weighted by atomic mass is 14.6. The second-order valence-electron chi connectivity index (χ2n) is 9.07. The first-order valence-electron chi connectivity index (χ1n) is 12.6. The zero-order valence-corrected chi connectivity index (χ0v) is 20.8. The van der Waals surface area contributed by atoms with E-state index in [0.29, 0.717) is 0 Å². The predicted octanol–water partition coefficient (Wildman–Crippen LogP) is 8.52. The Bertz CT molecular complexity index is 1710. The molecular weight excluding hydrogens is 460 g/mol. The Morgan fingerprint density at radius 3 is 1.26 bits per heavy atom. The van der Waals surface area contributed by atoms with Crippen molar-refractivity contribution in [2.45, 2.75) is 0 Å². The highest BCUT2D eigenvalue weighted by molar-refractivity contribution is 5.83. The van der Waals surface area contributed by atoms with Crippen molar-refractivity contribution in [2.24, 2.45) is 0 Å². The zero-order chi connectivity index (χ0) is 25.6. The molecule has 0 bridgehead atoms. The van der Waals surface area contributed by atoms with Crippen LogP contribution >= 0.6 is 0 Å². The number of benzene rings is 4. The summed E-state index contributed by atoms with van der Waals surface area (Å²) >= 11 is 0. The molecule has 0 saturated heterocycles. The van der Waals surface area contributed by atoms with Gasteiger partial charge in [-0.1, -0.05) is 96.8 Å². The Morgan fingerprint density at radius 2 is 0.816 bits per heavy atom. The maximum absolute atomic E-state index is 4.43. The molecule has 0 spiro atoms. The van der Waals surface area contributed by atoms with Crippen molar-refractivity contribution in [2.75, 3.05) is 0 Å². The minimum Gasteiger partial charge on any atom is -0.256 e. The molecule has 38 heavy (non-hydrogen) atoms. The molecule has 6 rings (SSSR count). The van der Waals surface area contributed by atoms with Gasteiger partial charge < -0.3 is 0 Å². The minimum atomic E-state index is 0.992. The summed E-state index contributed by atoms with van der Waals surface area (Å²) in [7, 11) is 0. The summed E-state index contributed by atoms with van der Waals surface area (Å²) in [4.78, 5) is 8.87. The van der Waals surface area contributed by atoms with E-state index >= 15 is 0 Å². The van der Waals surface area contributed by atoms with Crippen LogP contribution in [0.5, 0.6) is 0 Å². The van der Waals surface area contributed by atoms with Crippen molar-refractivity contribution >= 4 is 46.1 Å². The van der Waals surface area contributed by atoms with E-state index in [1.165, 1.54) is 0 Å². The second kappa shape index (κ2) is 10.8. The van der Waals surface area contributed by atoms with Gasteiger partial charge in [0.25, 0.3) is 0 Å². The maximum atomic E-state index is 4.43. The van der Waals surface area contributed by atoms with Gasteiger partial charge >= 0.3 is 0 Å². The molecule has 2 heterocycles. The first-order valence-corrected chi connectivity index (χ1v) is 12.6. The third kappa shape index (κ3) is 5.59. The van der Waals surface area contributed by atoms with Crippen LogP contribution in [0.25, 0.3) is 46.1 Å². The molecule has 0 unspecified atom stereocenters. The molecule has 0 atom stereocenters. The number of nitrogens with zero attached hydrogens (tertiary/aromatic N) is 2. The van der Waals surface area contributed by atoms with Crippen LogP contribution in [0, 0.1) is 11.8 Å². The van der Waals surface area contributed by atoms with Crippen LogP contribution in [-0.2, 0) is 0 Å². The van der Waals surface area contributed by atoms with E-state index in [0.717, 1.165) is 55.2 Å². The molecule has 0 aliphatic carbocycles. The molecule has 0 amide bonds. The van der Waals surface area contributed by atoms with Crippen LogP contribution in [0.4, 0.5) is 0 Å². The van der Waals surface area contributed by atoms with E-state index in [1.54, 1.807) is 0 Å². The van der Waals surface area contributed by atoms with Crippen molar-refractivity contribution in [1.29, 1.82) is 0 Å². The van der Waals surface area contributed by atoms with Gasteiger partial charge in [-0.2, -0.15) is 0 Å². The number of rotatable bonds is 4. The van der Waals surface area contributed by atoms with Gasteiger partial charge in [0.05, 0.1) is 11.0 Å². The second-order valence-corrected chi connectivity index (χ2v) is 9.07. The van der Waals surface area contributed by atoms with E-state index in [9.17, 15) is 0 Å². The Morgan fingerprint density at radius 1 is 0.421 bits per heavy atom. The van der Waals surface area contributed by atoms with Gasteiger partial charge in [0.15, 0.2) is 0 Å². The first-order chi connectivity index (χ1) is 18.8. The van der Waals surface area contributed by atoms with Gasteiger partial charge in [-0.05, 0) is 70.8 Å². The zero-order valence-electron chi connectivity index (χ0n) is 20.8. The summed E-state index contributed by atoms with van der Waals surface area (Å²) in [5.41, 5.74) is 8.53. The van der Waals surface area contributed by atoms with E-state index in [1.807, 2.05) is 24.5 Å². The van der Waals surface area contributed by atoms with Gasteiger partial charge in [0.2, 0.25) is 0 Å². The van der Waals surface area contributed by atoms with E-state index in [4.69, 9.17) is 0 Å². The summed E-state index contributed by atoms with van der Waals surface area (Å²) < 4.78 is 0. The van der Waals surface area contributed by atoms with Crippen molar-refractivity contribution < 1.29 is 0 Å². The highest BCUT2D eigenvalue weighted by Gasteiger charge is 1.96. The van der Waals surface area contributed by atoms with Crippen LogP contribution in [0.15, 0.2) is 122 Å². The third-order valence-electron chi connectivity index (χ3n) is 6.37. The van der Waals surface area contributed by atoms with Crippen LogP contribution in [0.3, 0.4) is 0 Å². The fraction of sp³-hybridized carbons (Fsp3) is 0. The van der Waals surface area contributed by atoms with E-state index in [-0.39, 0.29) is 0 Å². The van der Waals surface area contributed by atoms with Gasteiger partial charge in [0, 0.05) is 34.3 Å². The molecule has 0 fully saturated rings. The van der Waals surface area contributed by atoms with Crippen molar-refractivity contribution in [1.82, 2.24) is 9.97 Å². The normalized spacial score (nSPS) is 11.3. The number of hydrogen-bond donors (Lipinski definition) is 0. The number of hydrogen-bond acceptors (Lipinski definition) is 2. The Kier molecular flexibility index (Phi) is 6.57. The van der Waals surface area contributed by atoms with Crippen molar-refractivity contribution in [3.05, 3.63) is 155 Å². The third-order valence-corrected chi connectivity index (χ3v) is 6.37. The molecule has 2 nitrogen and oxygen atoms in total. The molecule has 0 N–H and O–H groups in total. The molecule has 0 saturated carbocycles. The van der Waals surface area contributed by atoms with Crippen molar-refractivity contribution in [3.63, 3.8) is 0 Å². The number of aromatic nitrogens is 2. The summed E-state index contributed by atoms with van der Waals surface area (Å²) in [5.74, 6) is 6.54. The smallest absolute Gasteiger partial charge is 0.0707 e. The van der Waals surface area contributed by atoms with Gasteiger partial charge in [-0.3, -0.25) is 9.97 Å². The fourth-order valence-electron chi connectivity index (χ4n) is 4.26. The average Bonchev–Trinajstić information content (AvgIpc) is 2.99. The van der Waals surface area contributed by atoms with Crippen LogP contribution in [-0.4, -0.2) is 9.97 Å². The number of fused-ring (bicyclic) bond motifs is 2. The van der Waals surface area contributed by atoms with Crippen molar-refractivity contribution in [3.8, 4) is 11.8 Å². The van der Waals surface area contributed by atoms with E-state index in [2.05, 4.69) is 143 Å². The SMILES string of the molecule is C(#Cc1ccc(/C=C/c2ccc3cccnc3c2)cc1)c1ccc(/C=C/c2ccc3cccnc3c2)cc1. The quantitative estimate of drug-likeness (QED) is 0.185. The maximum Gasteiger partial charge on any atom is 0.0707 e. The molecule has 2 aromatic heterocycles. The monoisotopic (exact) mass is 484 g/mol. The Balaban J connectivity index is 1.09. The largest absolute Gasteiger partial charge is 0.256 e. The summed E-state index contributed by atoms with van der Waals surface area (Å²) in [6.45, 7) is 0. The summed E-state index contributed by atoms with van der Waals surface area (Å²) in [6, 6.07) is 37.3. The van der Waals surface area contributed by atoms with Gasteiger partial charge in [0.1, 0.15) is 0 Å². The first kappa shape index (κ1) is 23.2. The van der Waals surface area contributed by atoms with Crippen LogP contribution in [0.2, 0.25) is 0 Å². The summed E-state index contributed by atoms with van der Waals surface area (Å²) in [6.07, 6.45) is 12.1. The lowest BCUT2D eigenvalue weighted by Crippen LogP contribution is -1.80. The molecular formula is C36H24N2. The minimum absolute atomic E-state index is 0.992. The lowest BCUT2D eigenvalue weighted by atomic mass is 10.1. The molecule has 0 radical (unpaired) electrons. The molecule has 0 aliphatic heterocycles. The van der Waals surface area contributed by atoms with Crippen LogP contribution in [0.1, 0.15) is 33.4 Å². The lowest BCUT2D eigenvalue weighted by Gasteiger charge is -1.99. The average molecular weight is 485 g/mol.